The Balaban J connectivity index is 2.46. The second kappa shape index (κ2) is 4.54. The highest BCUT2D eigenvalue weighted by Gasteiger charge is 2.01. The molecule has 0 saturated heterocycles. The maximum Gasteiger partial charge on any atom is 0.305 e. The van der Waals surface area contributed by atoms with Crippen LogP contribution in [-0.4, -0.2) is 18.1 Å². The van der Waals surface area contributed by atoms with Crippen molar-refractivity contribution in [2.75, 3.05) is 7.11 Å². The van der Waals surface area contributed by atoms with Gasteiger partial charge in [0.05, 0.1) is 7.11 Å². The van der Waals surface area contributed by atoms with Crippen molar-refractivity contribution in [3.8, 4) is 0 Å². The zero-order valence-electron chi connectivity index (χ0n) is 7.29. The lowest BCUT2D eigenvalue weighted by atomic mass is 10.2. The van der Waals surface area contributed by atoms with Gasteiger partial charge in [0.1, 0.15) is 0 Å². The molecule has 0 N–H and O–H groups in total. The van der Waals surface area contributed by atoms with Crippen LogP contribution >= 0.6 is 0 Å². The highest BCUT2D eigenvalue weighted by atomic mass is 19.1. The molecule has 4 heteroatoms. The van der Waals surface area contributed by atoms with E-state index in [2.05, 4.69) is 9.72 Å². The molecule has 0 unspecified atom stereocenters. The molecule has 1 aromatic rings. The fourth-order valence-corrected chi connectivity index (χ4v) is 0.903. The van der Waals surface area contributed by atoms with Crippen molar-refractivity contribution >= 4 is 5.97 Å². The topological polar surface area (TPSA) is 39.2 Å². The molecule has 0 saturated carbocycles. The van der Waals surface area contributed by atoms with Gasteiger partial charge >= 0.3 is 5.97 Å². The minimum absolute atomic E-state index is 0.274. The van der Waals surface area contributed by atoms with E-state index in [1.807, 2.05) is 0 Å². The number of carbonyl (C=O) groups excluding carboxylic acids is 1. The van der Waals surface area contributed by atoms with E-state index in [-0.39, 0.29) is 5.97 Å². The van der Waals surface area contributed by atoms with Gasteiger partial charge in [-0.05, 0) is 18.1 Å². The fraction of sp³-hybridized carbons (Fsp3) is 0.333. The lowest BCUT2D eigenvalue weighted by Crippen LogP contribution is -2.02. The second-order valence-corrected chi connectivity index (χ2v) is 2.57. The van der Waals surface area contributed by atoms with Gasteiger partial charge in [-0.25, -0.2) is 4.98 Å². The van der Waals surface area contributed by atoms with Gasteiger partial charge in [-0.15, -0.1) is 0 Å². The average molecular weight is 183 g/mol. The lowest BCUT2D eigenvalue weighted by molar-refractivity contribution is -0.140. The Labute approximate surface area is 75.6 Å². The van der Waals surface area contributed by atoms with Crippen LogP contribution in [0.25, 0.3) is 0 Å². The van der Waals surface area contributed by atoms with E-state index < -0.39 is 5.95 Å². The number of ether oxygens (including phenoxy) is 1. The molecule has 0 aromatic carbocycles. The monoisotopic (exact) mass is 183 g/mol. The number of aromatic nitrogens is 1. The highest BCUT2D eigenvalue weighted by Crippen LogP contribution is 2.02. The first kappa shape index (κ1) is 9.64. The van der Waals surface area contributed by atoms with Gasteiger partial charge in [0.15, 0.2) is 0 Å². The van der Waals surface area contributed by atoms with Gasteiger partial charge < -0.3 is 4.74 Å². The van der Waals surface area contributed by atoms with Crippen molar-refractivity contribution in [3.63, 3.8) is 0 Å². The number of hydrogen-bond donors (Lipinski definition) is 0. The molecule has 1 aromatic heterocycles. The largest absolute Gasteiger partial charge is 0.469 e. The summed E-state index contributed by atoms with van der Waals surface area (Å²) in [6.45, 7) is 0. The van der Waals surface area contributed by atoms with Crippen molar-refractivity contribution in [1.82, 2.24) is 4.98 Å². The third-order valence-corrected chi connectivity index (χ3v) is 1.63. The van der Waals surface area contributed by atoms with Crippen molar-refractivity contribution in [1.29, 1.82) is 0 Å². The van der Waals surface area contributed by atoms with Crippen molar-refractivity contribution in [3.05, 3.63) is 29.8 Å². The Morgan fingerprint density at radius 2 is 2.38 bits per heavy atom. The molecule has 0 aliphatic rings. The maximum absolute atomic E-state index is 12.3. The molecule has 0 aliphatic heterocycles. The molecule has 13 heavy (non-hydrogen) atoms. The number of halogens is 1. The number of nitrogens with zero attached hydrogens (tertiary/aromatic N) is 1. The van der Waals surface area contributed by atoms with Crippen LogP contribution < -0.4 is 0 Å². The highest BCUT2D eigenvalue weighted by molar-refractivity contribution is 5.69. The number of hydrogen-bond acceptors (Lipinski definition) is 3. The fourth-order valence-electron chi connectivity index (χ4n) is 0.903. The summed E-state index contributed by atoms with van der Waals surface area (Å²) >= 11 is 0. The molecular weight excluding hydrogens is 173 g/mol. The number of rotatable bonds is 3. The molecular formula is C9H10FNO2. The van der Waals surface area contributed by atoms with Gasteiger partial charge in [-0.3, -0.25) is 4.79 Å². The summed E-state index contributed by atoms with van der Waals surface area (Å²) in [5, 5.41) is 0. The van der Waals surface area contributed by atoms with Crippen LogP contribution in [0.15, 0.2) is 18.3 Å². The van der Waals surface area contributed by atoms with Crippen molar-refractivity contribution < 1.29 is 13.9 Å². The first-order valence-corrected chi connectivity index (χ1v) is 3.89. The number of esters is 1. The summed E-state index contributed by atoms with van der Waals surface area (Å²) in [5.74, 6) is -0.786. The van der Waals surface area contributed by atoms with E-state index in [0.29, 0.717) is 12.8 Å². The van der Waals surface area contributed by atoms with Crippen molar-refractivity contribution in [2.45, 2.75) is 12.8 Å². The summed E-state index contributed by atoms with van der Waals surface area (Å²) in [5.41, 5.74) is 0.826. The molecule has 0 amide bonds. The zero-order valence-corrected chi connectivity index (χ0v) is 7.29. The molecule has 1 heterocycles. The molecule has 0 aliphatic carbocycles. The smallest absolute Gasteiger partial charge is 0.305 e. The van der Waals surface area contributed by atoms with Crippen LogP contribution in [0.3, 0.4) is 0 Å². The zero-order chi connectivity index (χ0) is 9.68. The number of pyridine rings is 1. The van der Waals surface area contributed by atoms with E-state index in [4.69, 9.17) is 0 Å². The van der Waals surface area contributed by atoms with Crippen LogP contribution in [0.1, 0.15) is 12.0 Å². The van der Waals surface area contributed by atoms with E-state index in [9.17, 15) is 9.18 Å². The number of carbonyl (C=O) groups is 1. The van der Waals surface area contributed by atoms with Crippen molar-refractivity contribution in [2.24, 2.45) is 0 Å². The SMILES string of the molecule is COC(=O)CCc1ccc(F)nc1. The number of aryl methyl sites for hydroxylation is 1. The first-order valence-electron chi connectivity index (χ1n) is 3.89. The summed E-state index contributed by atoms with van der Waals surface area (Å²) in [4.78, 5) is 14.2. The standard InChI is InChI=1S/C9H10FNO2/c1-13-9(12)5-3-7-2-4-8(10)11-6-7/h2,4,6H,3,5H2,1H3. The normalized spacial score (nSPS) is 9.69. The summed E-state index contributed by atoms with van der Waals surface area (Å²) in [7, 11) is 1.34. The molecule has 3 nitrogen and oxygen atoms in total. The van der Waals surface area contributed by atoms with Crippen LogP contribution in [-0.2, 0) is 16.0 Å². The van der Waals surface area contributed by atoms with Gasteiger partial charge in [0.25, 0.3) is 0 Å². The summed E-state index contributed by atoms with van der Waals surface area (Å²) in [6, 6.07) is 2.87. The molecule has 70 valence electrons. The predicted octanol–water partition coefficient (Wildman–Crippen LogP) is 1.33. The third kappa shape index (κ3) is 3.19. The van der Waals surface area contributed by atoms with E-state index in [1.54, 1.807) is 6.07 Å². The Morgan fingerprint density at radius 1 is 1.62 bits per heavy atom. The summed E-state index contributed by atoms with van der Waals surface area (Å²) < 4.78 is 16.8. The first-order chi connectivity index (χ1) is 6.22. The Hall–Kier alpha value is -1.45. The van der Waals surface area contributed by atoms with Crippen LogP contribution in [0.4, 0.5) is 4.39 Å². The second-order valence-electron chi connectivity index (χ2n) is 2.57. The van der Waals surface area contributed by atoms with Crippen LogP contribution in [0, 0.1) is 5.95 Å². The van der Waals surface area contributed by atoms with Gasteiger partial charge in [0, 0.05) is 12.6 Å². The lowest BCUT2D eigenvalue weighted by Gasteiger charge is -1.99. The molecule has 0 bridgehead atoms. The third-order valence-electron chi connectivity index (χ3n) is 1.63. The summed E-state index contributed by atoms with van der Waals surface area (Å²) in [6.07, 6.45) is 2.24. The van der Waals surface area contributed by atoms with E-state index >= 15 is 0 Å². The van der Waals surface area contributed by atoms with E-state index in [1.165, 1.54) is 19.4 Å². The van der Waals surface area contributed by atoms with Crippen LogP contribution in [0.5, 0.6) is 0 Å². The van der Waals surface area contributed by atoms with Gasteiger partial charge in [-0.1, -0.05) is 6.07 Å². The Bertz CT molecular complexity index is 284. The van der Waals surface area contributed by atoms with Gasteiger partial charge in [-0.2, -0.15) is 4.39 Å². The average Bonchev–Trinajstić information content (AvgIpc) is 2.16. The Kier molecular flexibility index (Phi) is 3.37. The number of methoxy groups -OCH3 is 1. The quantitative estimate of drug-likeness (QED) is 0.524. The maximum atomic E-state index is 12.3. The molecule has 1 rings (SSSR count). The van der Waals surface area contributed by atoms with Gasteiger partial charge in [0.2, 0.25) is 5.95 Å². The van der Waals surface area contributed by atoms with Crippen LogP contribution in [0.2, 0.25) is 0 Å². The predicted molar refractivity (Wildman–Crippen MR) is 44.5 cm³/mol. The molecule has 0 radical (unpaired) electrons. The van der Waals surface area contributed by atoms with E-state index in [0.717, 1.165) is 5.56 Å². The molecule has 0 atom stereocenters. The molecule has 0 spiro atoms. The Morgan fingerprint density at radius 3 is 2.92 bits per heavy atom. The molecule has 0 fully saturated rings. The minimum atomic E-state index is -0.512. The minimum Gasteiger partial charge on any atom is -0.469 e.